The number of aromatic nitrogens is 1. The van der Waals surface area contributed by atoms with Crippen LogP contribution in [0.15, 0.2) is 73.1 Å². The number of benzene rings is 2. The van der Waals surface area contributed by atoms with E-state index in [9.17, 15) is 4.79 Å². The fourth-order valence-corrected chi connectivity index (χ4v) is 2.51. The standard InChI is InChI=1S/C21H19NO2/c1-16-9-10-21(24-15-17-6-3-2-4-7-17)19(12-16)20(23)13-18-8-5-11-22-14-18/h2-12,14H,13,15H2,1H3. The maximum Gasteiger partial charge on any atom is 0.171 e. The maximum absolute atomic E-state index is 12.7. The lowest BCUT2D eigenvalue weighted by molar-refractivity contribution is 0.0988. The third-order valence-corrected chi connectivity index (χ3v) is 3.76. The largest absolute Gasteiger partial charge is 0.488 e. The van der Waals surface area contributed by atoms with Gasteiger partial charge in [0.05, 0.1) is 5.56 Å². The molecule has 0 radical (unpaired) electrons. The normalized spacial score (nSPS) is 10.4. The van der Waals surface area contributed by atoms with E-state index in [0.29, 0.717) is 24.3 Å². The molecule has 0 amide bonds. The van der Waals surface area contributed by atoms with Crippen LogP contribution in [-0.4, -0.2) is 10.8 Å². The van der Waals surface area contributed by atoms with Crippen LogP contribution in [0, 0.1) is 6.92 Å². The van der Waals surface area contributed by atoms with Gasteiger partial charge in [0.25, 0.3) is 0 Å². The van der Waals surface area contributed by atoms with Crippen LogP contribution in [0.1, 0.15) is 27.0 Å². The molecule has 120 valence electrons. The van der Waals surface area contributed by atoms with Crippen molar-refractivity contribution in [2.24, 2.45) is 0 Å². The first-order valence-corrected chi connectivity index (χ1v) is 7.92. The molecular weight excluding hydrogens is 298 g/mol. The summed E-state index contributed by atoms with van der Waals surface area (Å²) in [4.78, 5) is 16.8. The van der Waals surface area contributed by atoms with E-state index in [1.807, 2.05) is 67.6 Å². The van der Waals surface area contributed by atoms with E-state index in [2.05, 4.69) is 4.98 Å². The molecule has 0 unspecified atom stereocenters. The number of hydrogen-bond acceptors (Lipinski definition) is 3. The van der Waals surface area contributed by atoms with E-state index in [4.69, 9.17) is 4.74 Å². The highest BCUT2D eigenvalue weighted by Gasteiger charge is 2.14. The van der Waals surface area contributed by atoms with Gasteiger partial charge in [-0.3, -0.25) is 9.78 Å². The molecule has 0 aliphatic rings. The Kier molecular flexibility index (Phi) is 5.02. The summed E-state index contributed by atoms with van der Waals surface area (Å²) in [6, 6.07) is 19.4. The van der Waals surface area contributed by atoms with E-state index in [0.717, 1.165) is 16.7 Å². The number of nitrogens with zero attached hydrogens (tertiary/aromatic N) is 1. The number of hydrogen-bond donors (Lipinski definition) is 0. The van der Waals surface area contributed by atoms with Crippen LogP contribution in [0.5, 0.6) is 5.75 Å². The van der Waals surface area contributed by atoms with E-state index >= 15 is 0 Å². The monoisotopic (exact) mass is 317 g/mol. The molecule has 24 heavy (non-hydrogen) atoms. The summed E-state index contributed by atoms with van der Waals surface area (Å²) in [5.41, 5.74) is 3.63. The highest BCUT2D eigenvalue weighted by molar-refractivity contribution is 6.00. The van der Waals surface area contributed by atoms with Crippen LogP contribution in [0.3, 0.4) is 0 Å². The molecule has 1 aromatic heterocycles. The van der Waals surface area contributed by atoms with Crippen LogP contribution in [0.25, 0.3) is 0 Å². The third kappa shape index (κ3) is 4.07. The van der Waals surface area contributed by atoms with Gasteiger partial charge in [0.2, 0.25) is 0 Å². The second-order valence-electron chi connectivity index (χ2n) is 5.74. The van der Waals surface area contributed by atoms with Gasteiger partial charge < -0.3 is 4.74 Å². The van der Waals surface area contributed by atoms with Gasteiger partial charge in [-0.15, -0.1) is 0 Å². The molecule has 0 spiro atoms. The van der Waals surface area contributed by atoms with Crippen LogP contribution >= 0.6 is 0 Å². The minimum Gasteiger partial charge on any atom is -0.488 e. The number of ketones is 1. The van der Waals surface area contributed by atoms with Gasteiger partial charge in [0, 0.05) is 18.8 Å². The lowest BCUT2D eigenvalue weighted by Crippen LogP contribution is -2.08. The van der Waals surface area contributed by atoms with Gasteiger partial charge >= 0.3 is 0 Å². The minimum atomic E-state index is 0.0368. The van der Waals surface area contributed by atoms with E-state index in [1.54, 1.807) is 12.4 Å². The molecular formula is C21H19NO2. The summed E-state index contributed by atoms with van der Waals surface area (Å²) in [6.07, 6.45) is 3.74. The Morgan fingerprint density at radius 3 is 2.54 bits per heavy atom. The van der Waals surface area contributed by atoms with Gasteiger partial charge in [-0.1, -0.05) is 48.0 Å². The Morgan fingerprint density at radius 1 is 1.00 bits per heavy atom. The first-order chi connectivity index (χ1) is 11.7. The van der Waals surface area contributed by atoms with Crippen molar-refractivity contribution < 1.29 is 9.53 Å². The number of rotatable bonds is 6. The highest BCUT2D eigenvalue weighted by atomic mass is 16.5. The number of carbonyl (C=O) groups is 1. The molecule has 2 aromatic carbocycles. The van der Waals surface area contributed by atoms with Crippen molar-refractivity contribution in [2.75, 3.05) is 0 Å². The molecule has 1 heterocycles. The molecule has 0 N–H and O–H groups in total. The smallest absolute Gasteiger partial charge is 0.171 e. The molecule has 0 aliphatic carbocycles. The van der Waals surface area contributed by atoms with Gasteiger partial charge in [-0.25, -0.2) is 0 Å². The second kappa shape index (κ2) is 7.55. The first kappa shape index (κ1) is 15.9. The lowest BCUT2D eigenvalue weighted by Gasteiger charge is -2.12. The van der Waals surface area contributed by atoms with Gasteiger partial charge in [0.1, 0.15) is 12.4 Å². The minimum absolute atomic E-state index is 0.0368. The average molecular weight is 317 g/mol. The van der Waals surface area contributed by atoms with Crippen molar-refractivity contribution >= 4 is 5.78 Å². The summed E-state index contributed by atoms with van der Waals surface area (Å²) in [5.74, 6) is 0.660. The van der Waals surface area contributed by atoms with Crippen molar-refractivity contribution in [1.29, 1.82) is 0 Å². The number of ether oxygens (including phenoxy) is 1. The fraction of sp³-hybridized carbons (Fsp3) is 0.143. The summed E-state index contributed by atoms with van der Waals surface area (Å²) in [6.45, 7) is 2.42. The molecule has 3 nitrogen and oxygen atoms in total. The van der Waals surface area contributed by atoms with Gasteiger partial charge in [0.15, 0.2) is 5.78 Å². The number of carbonyl (C=O) groups excluding carboxylic acids is 1. The second-order valence-corrected chi connectivity index (χ2v) is 5.74. The molecule has 3 aromatic rings. The Morgan fingerprint density at radius 2 is 1.79 bits per heavy atom. The SMILES string of the molecule is Cc1ccc(OCc2ccccc2)c(C(=O)Cc2cccnc2)c1. The highest BCUT2D eigenvalue weighted by Crippen LogP contribution is 2.23. The molecule has 0 fully saturated rings. The van der Waals surface area contributed by atoms with Gasteiger partial charge in [-0.05, 0) is 36.2 Å². The zero-order chi connectivity index (χ0) is 16.8. The number of pyridine rings is 1. The zero-order valence-electron chi connectivity index (χ0n) is 13.6. The number of Topliss-reactive ketones (excluding diaryl/α,β-unsaturated/α-hetero) is 1. The summed E-state index contributed by atoms with van der Waals surface area (Å²) in [5, 5.41) is 0. The lowest BCUT2D eigenvalue weighted by atomic mass is 10.0. The van der Waals surface area contributed by atoms with Crippen LogP contribution < -0.4 is 4.74 Å². The Labute approximate surface area is 142 Å². The van der Waals surface area contributed by atoms with E-state index in [-0.39, 0.29) is 5.78 Å². The molecule has 0 saturated heterocycles. The molecule has 3 rings (SSSR count). The van der Waals surface area contributed by atoms with Crippen LogP contribution in [0.4, 0.5) is 0 Å². The molecule has 0 aliphatic heterocycles. The van der Waals surface area contributed by atoms with Crippen molar-refractivity contribution in [1.82, 2.24) is 4.98 Å². The van der Waals surface area contributed by atoms with Gasteiger partial charge in [-0.2, -0.15) is 0 Å². The third-order valence-electron chi connectivity index (χ3n) is 3.76. The van der Waals surface area contributed by atoms with Crippen molar-refractivity contribution in [3.63, 3.8) is 0 Å². The van der Waals surface area contributed by atoms with Crippen LogP contribution in [-0.2, 0) is 13.0 Å². The Hall–Kier alpha value is -2.94. The molecule has 0 bridgehead atoms. The van der Waals surface area contributed by atoms with Crippen LogP contribution in [0.2, 0.25) is 0 Å². The zero-order valence-corrected chi connectivity index (χ0v) is 13.6. The quantitative estimate of drug-likeness (QED) is 0.633. The predicted molar refractivity (Wildman–Crippen MR) is 94.2 cm³/mol. The fourth-order valence-electron chi connectivity index (χ4n) is 2.51. The summed E-state index contributed by atoms with van der Waals surface area (Å²) < 4.78 is 5.90. The molecule has 0 saturated carbocycles. The first-order valence-electron chi connectivity index (χ1n) is 7.92. The Bertz CT molecular complexity index is 814. The van der Waals surface area contributed by atoms with Crippen molar-refractivity contribution in [2.45, 2.75) is 20.0 Å². The van der Waals surface area contributed by atoms with Crippen molar-refractivity contribution in [3.05, 3.63) is 95.3 Å². The summed E-state index contributed by atoms with van der Waals surface area (Å²) in [7, 11) is 0. The summed E-state index contributed by atoms with van der Waals surface area (Å²) >= 11 is 0. The number of aryl methyl sites for hydroxylation is 1. The maximum atomic E-state index is 12.7. The molecule has 3 heteroatoms. The topological polar surface area (TPSA) is 39.2 Å². The Balaban J connectivity index is 1.79. The van der Waals surface area contributed by atoms with E-state index in [1.165, 1.54) is 0 Å². The van der Waals surface area contributed by atoms with E-state index < -0.39 is 0 Å². The predicted octanol–water partition coefficient (Wildman–Crippen LogP) is 4.39. The average Bonchev–Trinajstić information content (AvgIpc) is 2.62. The molecule has 0 atom stereocenters. The van der Waals surface area contributed by atoms with Crippen molar-refractivity contribution in [3.8, 4) is 5.75 Å².